The van der Waals surface area contributed by atoms with Crippen molar-refractivity contribution in [2.75, 3.05) is 33.2 Å². The predicted molar refractivity (Wildman–Crippen MR) is 48.7 cm³/mol. The van der Waals surface area contributed by atoms with Gasteiger partial charge in [-0.05, 0) is 25.4 Å². The molecule has 2 heteroatoms. The zero-order valence-electron chi connectivity index (χ0n) is 7.93. The molecule has 1 N–H and O–H groups in total. The van der Waals surface area contributed by atoms with Crippen LogP contribution < -0.4 is 5.32 Å². The second-order valence-electron chi connectivity index (χ2n) is 3.99. The van der Waals surface area contributed by atoms with Gasteiger partial charge in [0.2, 0.25) is 0 Å². The Morgan fingerprint density at radius 2 is 2.18 bits per heavy atom. The van der Waals surface area contributed by atoms with Gasteiger partial charge in [-0.15, -0.1) is 0 Å². The minimum Gasteiger partial charge on any atom is -0.319 e. The van der Waals surface area contributed by atoms with Crippen molar-refractivity contribution in [2.24, 2.45) is 11.8 Å². The van der Waals surface area contributed by atoms with Gasteiger partial charge in [-0.2, -0.15) is 0 Å². The summed E-state index contributed by atoms with van der Waals surface area (Å²) in [5.41, 5.74) is 0. The Balaban J connectivity index is 2.02. The van der Waals surface area contributed by atoms with E-state index >= 15 is 0 Å². The van der Waals surface area contributed by atoms with Crippen molar-refractivity contribution < 1.29 is 0 Å². The van der Waals surface area contributed by atoms with E-state index in [1.165, 1.54) is 19.6 Å². The van der Waals surface area contributed by atoms with Crippen LogP contribution in [0.25, 0.3) is 0 Å². The maximum Gasteiger partial charge on any atom is 0.00195 e. The second kappa shape index (κ2) is 4.07. The molecule has 0 radical (unpaired) electrons. The van der Waals surface area contributed by atoms with Crippen molar-refractivity contribution in [2.45, 2.75) is 13.8 Å². The number of likely N-dealkylation sites (tertiary alicyclic amines) is 1. The van der Waals surface area contributed by atoms with Crippen LogP contribution >= 0.6 is 0 Å². The standard InChI is InChI=1S/C9H20N2/c1-8(4-10-3)5-11-6-9(2)7-11/h8-10H,4-7H2,1-3H3. The molecule has 1 rings (SSSR count). The fraction of sp³-hybridized carbons (Fsp3) is 1.00. The third-order valence-electron chi connectivity index (χ3n) is 2.26. The topological polar surface area (TPSA) is 15.3 Å². The molecule has 1 atom stereocenters. The van der Waals surface area contributed by atoms with E-state index < -0.39 is 0 Å². The second-order valence-corrected chi connectivity index (χ2v) is 3.99. The lowest BCUT2D eigenvalue weighted by molar-refractivity contribution is 0.0957. The Morgan fingerprint density at radius 3 is 2.64 bits per heavy atom. The molecule has 0 aliphatic carbocycles. The predicted octanol–water partition coefficient (Wildman–Crippen LogP) is 0.794. The number of nitrogens with one attached hydrogen (secondary N) is 1. The van der Waals surface area contributed by atoms with E-state index in [9.17, 15) is 0 Å². The van der Waals surface area contributed by atoms with Crippen LogP contribution in [0.5, 0.6) is 0 Å². The summed E-state index contributed by atoms with van der Waals surface area (Å²) in [6, 6.07) is 0. The Bertz CT molecular complexity index is 105. The van der Waals surface area contributed by atoms with Gasteiger partial charge in [0.25, 0.3) is 0 Å². The lowest BCUT2D eigenvalue weighted by atomic mass is 10.0. The molecular weight excluding hydrogens is 136 g/mol. The maximum absolute atomic E-state index is 3.21. The monoisotopic (exact) mass is 156 g/mol. The number of nitrogens with zero attached hydrogens (tertiary/aromatic N) is 1. The first kappa shape index (κ1) is 9.01. The first-order chi connectivity index (χ1) is 5.22. The van der Waals surface area contributed by atoms with Crippen LogP contribution in [0.2, 0.25) is 0 Å². The first-order valence-electron chi connectivity index (χ1n) is 4.59. The third-order valence-corrected chi connectivity index (χ3v) is 2.26. The molecule has 1 saturated heterocycles. The quantitative estimate of drug-likeness (QED) is 0.647. The lowest BCUT2D eigenvalue weighted by Crippen LogP contribution is -2.47. The van der Waals surface area contributed by atoms with Crippen LogP contribution in [0, 0.1) is 11.8 Å². The van der Waals surface area contributed by atoms with Gasteiger partial charge in [0, 0.05) is 19.6 Å². The third kappa shape index (κ3) is 2.80. The van der Waals surface area contributed by atoms with Crippen molar-refractivity contribution >= 4 is 0 Å². The summed E-state index contributed by atoms with van der Waals surface area (Å²) in [6.07, 6.45) is 0. The van der Waals surface area contributed by atoms with Crippen molar-refractivity contribution in [3.63, 3.8) is 0 Å². The summed E-state index contributed by atoms with van der Waals surface area (Å²) in [4.78, 5) is 2.53. The molecule has 2 nitrogen and oxygen atoms in total. The zero-order chi connectivity index (χ0) is 8.27. The highest BCUT2D eigenvalue weighted by Gasteiger charge is 2.22. The van der Waals surface area contributed by atoms with Gasteiger partial charge in [-0.25, -0.2) is 0 Å². The summed E-state index contributed by atoms with van der Waals surface area (Å²) >= 11 is 0. The van der Waals surface area contributed by atoms with E-state index in [4.69, 9.17) is 0 Å². The molecule has 0 saturated carbocycles. The molecule has 0 aromatic heterocycles. The van der Waals surface area contributed by atoms with E-state index in [0.29, 0.717) is 0 Å². The molecule has 1 fully saturated rings. The minimum absolute atomic E-state index is 0.799. The number of hydrogen-bond acceptors (Lipinski definition) is 2. The fourth-order valence-electron chi connectivity index (χ4n) is 1.83. The minimum atomic E-state index is 0.799. The Morgan fingerprint density at radius 1 is 1.55 bits per heavy atom. The van der Waals surface area contributed by atoms with Crippen LogP contribution in [0.4, 0.5) is 0 Å². The molecule has 0 bridgehead atoms. The molecule has 11 heavy (non-hydrogen) atoms. The van der Waals surface area contributed by atoms with Crippen LogP contribution in [0.1, 0.15) is 13.8 Å². The van der Waals surface area contributed by atoms with Crippen LogP contribution in [0.3, 0.4) is 0 Å². The van der Waals surface area contributed by atoms with Crippen molar-refractivity contribution in [1.82, 2.24) is 10.2 Å². The van der Waals surface area contributed by atoms with Crippen molar-refractivity contribution in [3.05, 3.63) is 0 Å². The van der Waals surface area contributed by atoms with Crippen LogP contribution in [-0.4, -0.2) is 38.1 Å². The summed E-state index contributed by atoms with van der Waals surface area (Å²) < 4.78 is 0. The number of hydrogen-bond donors (Lipinski definition) is 1. The molecule has 1 heterocycles. The van der Waals surface area contributed by atoms with Gasteiger partial charge in [0.05, 0.1) is 0 Å². The zero-order valence-corrected chi connectivity index (χ0v) is 7.93. The van der Waals surface area contributed by atoms with Crippen molar-refractivity contribution in [3.8, 4) is 0 Å². The molecule has 1 aliphatic rings. The smallest absolute Gasteiger partial charge is 0.00195 e. The normalized spacial score (nSPS) is 23.2. The Hall–Kier alpha value is -0.0800. The average molecular weight is 156 g/mol. The SMILES string of the molecule is CNCC(C)CN1CC(C)C1. The van der Waals surface area contributed by atoms with Gasteiger partial charge in [-0.3, -0.25) is 0 Å². The van der Waals surface area contributed by atoms with E-state index in [-0.39, 0.29) is 0 Å². The van der Waals surface area contributed by atoms with Crippen LogP contribution in [0.15, 0.2) is 0 Å². The lowest BCUT2D eigenvalue weighted by Gasteiger charge is -2.38. The largest absolute Gasteiger partial charge is 0.319 e. The van der Waals surface area contributed by atoms with Crippen LogP contribution in [-0.2, 0) is 0 Å². The fourth-order valence-corrected chi connectivity index (χ4v) is 1.83. The molecule has 0 aromatic rings. The Kier molecular flexibility index (Phi) is 3.34. The van der Waals surface area contributed by atoms with E-state index in [2.05, 4.69) is 24.1 Å². The van der Waals surface area contributed by atoms with Gasteiger partial charge < -0.3 is 10.2 Å². The summed E-state index contributed by atoms with van der Waals surface area (Å²) in [7, 11) is 2.02. The summed E-state index contributed by atoms with van der Waals surface area (Å²) in [5, 5.41) is 3.21. The molecule has 1 aliphatic heterocycles. The van der Waals surface area contributed by atoms with Crippen molar-refractivity contribution in [1.29, 1.82) is 0 Å². The molecule has 0 spiro atoms. The molecule has 0 amide bonds. The van der Waals surface area contributed by atoms with Gasteiger partial charge in [0.1, 0.15) is 0 Å². The Labute approximate surface area is 70.0 Å². The van der Waals surface area contributed by atoms with Gasteiger partial charge in [0.15, 0.2) is 0 Å². The molecule has 66 valence electrons. The van der Waals surface area contributed by atoms with E-state index in [1.807, 2.05) is 7.05 Å². The van der Waals surface area contributed by atoms with Gasteiger partial charge in [-0.1, -0.05) is 13.8 Å². The van der Waals surface area contributed by atoms with E-state index in [0.717, 1.165) is 18.4 Å². The highest BCUT2D eigenvalue weighted by atomic mass is 15.2. The molecule has 0 aromatic carbocycles. The average Bonchev–Trinajstić information content (AvgIpc) is 1.85. The number of rotatable bonds is 4. The highest BCUT2D eigenvalue weighted by molar-refractivity contribution is 4.77. The first-order valence-corrected chi connectivity index (χ1v) is 4.59. The molecular formula is C9H20N2. The summed E-state index contributed by atoms with van der Waals surface area (Å²) in [6.45, 7) is 9.66. The van der Waals surface area contributed by atoms with E-state index in [1.54, 1.807) is 0 Å². The summed E-state index contributed by atoms with van der Waals surface area (Å²) in [5.74, 6) is 1.74. The highest BCUT2D eigenvalue weighted by Crippen LogP contribution is 2.15. The van der Waals surface area contributed by atoms with Gasteiger partial charge >= 0.3 is 0 Å². The molecule has 1 unspecified atom stereocenters. The maximum atomic E-state index is 3.21.